The molecule has 0 aromatic heterocycles. The average Bonchev–Trinajstić information content (AvgIpc) is 2.49. The first kappa shape index (κ1) is 9.67. The molecule has 0 saturated heterocycles. The van der Waals surface area contributed by atoms with E-state index in [0.29, 0.717) is 17.1 Å². The highest BCUT2D eigenvalue weighted by atomic mass is 35.5. The Morgan fingerprint density at radius 2 is 2.00 bits per heavy atom. The first-order chi connectivity index (χ1) is 5.77. The Balaban J connectivity index is 0.000000845. The molecule has 1 heterocycles. The topological polar surface area (TPSA) is 68.3 Å². The molecule has 13 heavy (non-hydrogen) atoms. The van der Waals surface area contributed by atoms with Crippen LogP contribution >= 0.6 is 12.4 Å². The lowest BCUT2D eigenvalue weighted by Crippen LogP contribution is -2.10. The quantitative estimate of drug-likeness (QED) is 0.527. The molecule has 1 aliphatic heterocycles. The smallest absolute Gasteiger partial charge is 0.231 e. The fourth-order valence-electron chi connectivity index (χ4n) is 1.06. The minimum absolute atomic E-state index is 0. The van der Waals surface area contributed by atoms with Crippen molar-refractivity contribution in [3.05, 3.63) is 23.8 Å². The van der Waals surface area contributed by atoms with Crippen molar-refractivity contribution in [2.75, 3.05) is 6.79 Å². The number of benzene rings is 1. The van der Waals surface area contributed by atoms with Crippen molar-refractivity contribution in [3.8, 4) is 11.5 Å². The van der Waals surface area contributed by atoms with Crippen LogP contribution in [0.3, 0.4) is 0 Å². The van der Waals surface area contributed by atoms with E-state index in [1.54, 1.807) is 18.2 Å². The molecule has 0 atom stereocenters. The van der Waals surface area contributed by atoms with Gasteiger partial charge < -0.3 is 15.2 Å². The first-order valence-electron chi connectivity index (χ1n) is 3.51. The molecule has 0 aliphatic carbocycles. The molecule has 1 aliphatic rings. The lowest BCUT2D eigenvalue weighted by atomic mass is 10.2. The normalized spacial score (nSPS) is 12.0. The van der Waals surface area contributed by atoms with Gasteiger partial charge in [-0.3, -0.25) is 5.41 Å². The summed E-state index contributed by atoms with van der Waals surface area (Å²) in [5.74, 6) is 1.40. The molecule has 0 fully saturated rings. The van der Waals surface area contributed by atoms with Crippen LogP contribution in [0, 0.1) is 5.41 Å². The lowest BCUT2D eigenvalue weighted by molar-refractivity contribution is 0.174. The molecule has 0 saturated carbocycles. The second-order valence-electron chi connectivity index (χ2n) is 2.48. The van der Waals surface area contributed by atoms with Crippen LogP contribution in [0.4, 0.5) is 0 Å². The van der Waals surface area contributed by atoms with Gasteiger partial charge in [0.15, 0.2) is 11.5 Å². The summed E-state index contributed by atoms with van der Waals surface area (Å²) in [7, 11) is 0. The van der Waals surface area contributed by atoms with Crippen LogP contribution in [-0.4, -0.2) is 12.6 Å². The molecule has 5 heteroatoms. The summed E-state index contributed by atoms with van der Waals surface area (Å²) in [6, 6.07) is 5.18. The Bertz CT molecular complexity index is 341. The predicted octanol–water partition coefficient (Wildman–Crippen LogP) is 1.12. The van der Waals surface area contributed by atoms with Gasteiger partial charge in [0.2, 0.25) is 6.79 Å². The number of nitrogen functional groups attached to an aromatic ring is 1. The summed E-state index contributed by atoms with van der Waals surface area (Å²) in [4.78, 5) is 0. The van der Waals surface area contributed by atoms with Gasteiger partial charge >= 0.3 is 0 Å². The van der Waals surface area contributed by atoms with Gasteiger partial charge in [-0.15, -0.1) is 12.4 Å². The summed E-state index contributed by atoms with van der Waals surface area (Å²) in [5, 5.41) is 7.18. The van der Waals surface area contributed by atoms with Crippen LogP contribution in [0.2, 0.25) is 0 Å². The number of amidine groups is 1. The Morgan fingerprint density at radius 3 is 2.69 bits per heavy atom. The van der Waals surface area contributed by atoms with Crippen LogP contribution in [-0.2, 0) is 0 Å². The zero-order valence-electron chi connectivity index (χ0n) is 6.74. The average molecular weight is 201 g/mol. The van der Waals surface area contributed by atoms with Crippen LogP contribution < -0.4 is 15.2 Å². The SMILES string of the molecule is Cl.N=C(N)c1ccc2c(c1)OCO2. The van der Waals surface area contributed by atoms with E-state index >= 15 is 0 Å². The molecule has 0 radical (unpaired) electrons. The van der Waals surface area contributed by atoms with Gasteiger partial charge in [-0.05, 0) is 18.2 Å². The van der Waals surface area contributed by atoms with E-state index < -0.39 is 0 Å². The van der Waals surface area contributed by atoms with Crippen molar-refractivity contribution in [1.82, 2.24) is 0 Å². The number of nitrogens with one attached hydrogen (secondary N) is 1. The number of hydrogen-bond donors (Lipinski definition) is 2. The standard InChI is InChI=1S/C8H8N2O2.ClH/c9-8(10)5-1-2-6-7(3-5)12-4-11-6;/h1-3H,4H2,(H3,9,10);1H. The Kier molecular flexibility index (Phi) is 2.63. The van der Waals surface area contributed by atoms with Crippen LogP contribution in [0.15, 0.2) is 18.2 Å². The van der Waals surface area contributed by atoms with E-state index in [9.17, 15) is 0 Å². The van der Waals surface area contributed by atoms with Crippen molar-refractivity contribution in [2.24, 2.45) is 5.73 Å². The van der Waals surface area contributed by atoms with Crippen molar-refractivity contribution in [3.63, 3.8) is 0 Å². The minimum Gasteiger partial charge on any atom is -0.454 e. The summed E-state index contributed by atoms with van der Waals surface area (Å²) >= 11 is 0. The molecule has 0 amide bonds. The third-order valence-electron chi connectivity index (χ3n) is 1.68. The zero-order chi connectivity index (χ0) is 8.55. The number of rotatable bonds is 1. The Hall–Kier alpha value is -1.42. The van der Waals surface area contributed by atoms with Gasteiger partial charge in [-0.25, -0.2) is 0 Å². The predicted molar refractivity (Wildman–Crippen MR) is 50.8 cm³/mol. The second-order valence-corrected chi connectivity index (χ2v) is 2.48. The van der Waals surface area contributed by atoms with E-state index in [1.165, 1.54) is 0 Å². The molecule has 3 N–H and O–H groups in total. The molecule has 70 valence electrons. The van der Waals surface area contributed by atoms with Crippen molar-refractivity contribution < 1.29 is 9.47 Å². The minimum atomic E-state index is 0. The molecule has 0 spiro atoms. The third kappa shape index (κ3) is 1.67. The number of ether oxygens (including phenoxy) is 2. The molecule has 0 unspecified atom stereocenters. The molecule has 2 rings (SSSR count). The van der Waals surface area contributed by atoms with E-state index in [2.05, 4.69) is 0 Å². The maximum Gasteiger partial charge on any atom is 0.231 e. The highest BCUT2D eigenvalue weighted by molar-refractivity contribution is 5.95. The molecule has 4 nitrogen and oxygen atoms in total. The monoisotopic (exact) mass is 200 g/mol. The molecular weight excluding hydrogens is 192 g/mol. The molecule has 1 aromatic rings. The highest BCUT2D eigenvalue weighted by Crippen LogP contribution is 2.32. The molecular formula is C8H9ClN2O2. The van der Waals surface area contributed by atoms with Crippen LogP contribution in [0.25, 0.3) is 0 Å². The summed E-state index contributed by atoms with van der Waals surface area (Å²) in [6.45, 7) is 0.247. The fraction of sp³-hybridized carbons (Fsp3) is 0.125. The van der Waals surface area contributed by atoms with Crippen molar-refractivity contribution >= 4 is 18.2 Å². The van der Waals surface area contributed by atoms with Gasteiger partial charge in [0, 0.05) is 5.56 Å². The maximum atomic E-state index is 7.18. The summed E-state index contributed by atoms with van der Waals surface area (Å²) in [6.07, 6.45) is 0. The first-order valence-corrected chi connectivity index (χ1v) is 3.51. The number of fused-ring (bicyclic) bond motifs is 1. The number of halogens is 1. The van der Waals surface area contributed by atoms with Gasteiger partial charge in [0.25, 0.3) is 0 Å². The van der Waals surface area contributed by atoms with Gasteiger partial charge in [-0.1, -0.05) is 0 Å². The molecule has 1 aromatic carbocycles. The second kappa shape index (κ2) is 3.53. The van der Waals surface area contributed by atoms with E-state index in [4.69, 9.17) is 20.6 Å². The van der Waals surface area contributed by atoms with Crippen LogP contribution in [0.5, 0.6) is 11.5 Å². The van der Waals surface area contributed by atoms with Gasteiger partial charge in [0.05, 0.1) is 0 Å². The lowest BCUT2D eigenvalue weighted by Gasteiger charge is -1.99. The highest BCUT2D eigenvalue weighted by Gasteiger charge is 2.13. The van der Waals surface area contributed by atoms with E-state index in [1.807, 2.05) is 0 Å². The number of nitrogens with two attached hydrogens (primary N) is 1. The van der Waals surface area contributed by atoms with Crippen LogP contribution in [0.1, 0.15) is 5.56 Å². The largest absolute Gasteiger partial charge is 0.454 e. The van der Waals surface area contributed by atoms with E-state index in [0.717, 1.165) is 0 Å². The molecule has 0 bridgehead atoms. The Labute approximate surface area is 81.6 Å². The zero-order valence-corrected chi connectivity index (χ0v) is 7.56. The third-order valence-corrected chi connectivity index (χ3v) is 1.68. The Morgan fingerprint density at radius 1 is 1.31 bits per heavy atom. The van der Waals surface area contributed by atoms with Gasteiger partial charge in [0.1, 0.15) is 5.84 Å². The fourth-order valence-corrected chi connectivity index (χ4v) is 1.06. The van der Waals surface area contributed by atoms with Gasteiger partial charge in [-0.2, -0.15) is 0 Å². The van der Waals surface area contributed by atoms with Crippen molar-refractivity contribution in [2.45, 2.75) is 0 Å². The number of hydrogen-bond acceptors (Lipinski definition) is 3. The van der Waals surface area contributed by atoms with Crippen molar-refractivity contribution in [1.29, 1.82) is 5.41 Å². The van der Waals surface area contributed by atoms with E-state index in [-0.39, 0.29) is 25.0 Å². The maximum absolute atomic E-state index is 7.18. The summed E-state index contributed by atoms with van der Waals surface area (Å²) < 4.78 is 10.2. The summed E-state index contributed by atoms with van der Waals surface area (Å²) in [5.41, 5.74) is 5.95.